The maximum atomic E-state index is 14.5. The predicted octanol–water partition coefficient (Wildman–Crippen LogP) is 3.67. The highest BCUT2D eigenvalue weighted by Crippen LogP contribution is 2.31. The normalized spacial score (nSPS) is 19.8. The number of carbonyl (C=O) groups is 1. The van der Waals surface area contributed by atoms with Crippen LogP contribution in [0.15, 0.2) is 65.8 Å². The van der Waals surface area contributed by atoms with E-state index in [9.17, 15) is 18.8 Å². The van der Waals surface area contributed by atoms with Gasteiger partial charge in [-0.15, -0.1) is 0 Å². The lowest BCUT2D eigenvalue weighted by Gasteiger charge is -2.46. The minimum Gasteiger partial charge on any atom is -0.492 e. The molecule has 12 heteroatoms. The monoisotopic (exact) mass is 616 g/mol. The Labute approximate surface area is 262 Å². The molecular weight excluding hydrogens is 578 g/mol. The molecule has 2 saturated heterocycles. The van der Waals surface area contributed by atoms with Gasteiger partial charge >= 0.3 is 0 Å². The van der Waals surface area contributed by atoms with Crippen LogP contribution in [0.5, 0.6) is 0 Å². The van der Waals surface area contributed by atoms with Crippen molar-refractivity contribution in [3.05, 3.63) is 88.6 Å². The van der Waals surface area contributed by atoms with Crippen LogP contribution in [0.3, 0.4) is 0 Å². The Morgan fingerprint density at radius 2 is 1.93 bits per heavy atom. The van der Waals surface area contributed by atoms with Crippen LogP contribution in [0.1, 0.15) is 35.7 Å². The quantitative estimate of drug-likeness (QED) is 0.289. The molecule has 236 valence electrons. The number of aromatic nitrogens is 1. The molecule has 0 saturated carbocycles. The number of pyridine rings is 1. The van der Waals surface area contributed by atoms with Crippen molar-refractivity contribution in [1.82, 2.24) is 25.4 Å². The predicted molar refractivity (Wildman–Crippen MR) is 168 cm³/mol. The summed E-state index contributed by atoms with van der Waals surface area (Å²) in [5.41, 5.74) is 1.22. The number of nitriles is 1. The molecule has 10 nitrogen and oxygen atoms in total. The van der Waals surface area contributed by atoms with Crippen molar-refractivity contribution in [3.63, 3.8) is 0 Å². The van der Waals surface area contributed by atoms with Crippen LogP contribution in [-0.4, -0.2) is 91.9 Å². The molecule has 0 atom stereocenters. The molecule has 0 aliphatic carbocycles. The highest BCUT2D eigenvalue weighted by atomic mass is 19.1. The fourth-order valence-electron chi connectivity index (χ4n) is 5.97. The van der Waals surface area contributed by atoms with Gasteiger partial charge in [0.2, 0.25) is 0 Å². The number of benzene rings is 1. The van der Waals surface area contributed by atoms with E-state index in [2.05, 4.69) is 38.5 Å². The number of anilines is 1. The highest BCUT2D eigenvalue weighted by Gasteiger charge is 2.39. The molecule has 2 aromatic rings. The number of ether oxygens (including phenoxy) is 1. The molecule has 3 N–H and O–H groups in total. The van der Waals surface area contributed by atoms with Crippen LogP contribution in [0.2, 0.25) is 0 Å². The largest absolute Gasteiger partial charge is 0.492 e. The van der Waals surface area contributed by atoms with E-state index in [1.807, 2.05) is 25.1 Å². The van der Waals surface area contributed by atoms with Gasteiger partial charge in [0.05, 0.1) is 29.0 Å². The third-order valence-corrected chi connectivity index (χ3v) is 8.54. The molecule has 1 amide bonds. The second kappa shape index (κ2) is 14.0. The van der Waals surface area contributed by atoms with Crippen LogP contribution < -0.4 is 15.5 Å². The van der Waals surface area contributed by atoms with Gasteiger partial charge < -0.3 is 30.6 Å². The number of halogens is 2. The Balaban J connectivity index is 1.34. The summed E-state index contributed by atoms with van der Waals surface area (Å²) in [6.07, 6.45) is 7.43. The van der Waals surface area contributed by atoms with Crippen LogP contribution in [0.4, 0.5) is 14.6 Å². The summed E-state index contributed by atoms with van der Waals surface area (Å²) >= 11 is 0. The minimum absolute atomic E-state index is 0.185. The molecule has 0 spiro atoms. The van der Waals surface area contributed by atoms with Crippen LogP contribution >= 0.6 is 0 Å². The zero-order valence-electron chi connectivity index (χ0n) is 25.6. The van der Waals surface area contributed by atoms with Gasteiger partial charge in [-0.25, -0.2) is 13.8 Å². The van der Waals surface area contributed by atoms with Gasteiger partial charge in [0, 0.05) is 75.6 Å². The van der Waals surface area contributed by atoms with E-state index in [0.29, 0.717) is 56.1 Å². The molecule has 0 unspecified atom stereocenters. The van der Waals surface area contributed by atoms with Crippen molar-refractivity contribution in [2.45, 2.75) is 25.3 Å². The third-order valence-electron chi connectivity index (χ3n) is 8.54. The Hall–Kier alpha value is -4.60. The highest BCUT2D eigenvalue weighted by molar-refractivity contribution is 5.95. The van der Waals surface area contributed by atoms with Crippen molar-refractivity contribution in [2.24, 2.45) is 0 Å². The maximum absolute atomic E-state index is 14.5. The fraction of sp³-hybridized carbons (Fsp3) is 0.394. The lowest BCUT2D eigenvalue weighted by Crippen LogP contribution is -2.62. The van der Waals surface area contributed by atoms with E-state index in [4.69, 9.17) is 15.1 Å². The van der Waals surface area contributed by atoms with Gasteiger partial charge in [0.15, 0.2) is 0 Å². The first-order chi connectivity index (χ1) is 21.7. The van der Waals surface area contributed by atoms with Gasteiger partial charge in [-0.1, -0.05) is 0 Å². The van der Waals surface area contributed by atoms with Crippen LogP contribution in [-0.2, 0) is 4.74 Å². The number of nitrogens with zero attached hydrogens (tertiary/aromatic N) is 5. The number of likely N-dealkylation sites (N-methyl/N-ethyl adjacent to an activating group) is 1. The standard InChI is InChI=1S/C33H38F2N8O2/c1-3-45-26-17-27(31(39-21-26)24(18-36)19-37)23-4-7-30(38-20-23)43-10-8-33(9-11-43,22-42-14-12-41(2)13-15-42)40-32(44)28-16-25(34)5-6-29(28)35/h4-7,16-18,20-21,36,39H,3,8-15,22H2,1-2H3,(H,40,44)/b31-24+,36-18?. The summed E-state index contributed by atoms with van der Waals surface area (Å²) in [5.74, 6) is -0.656. The zero-order chi connectivity index (χ0) is 32.0. The molecule has 1 aromatic carbocycles. The lowest BCUT2D eigenvalue weighted by molar-refractivity contribution is 0.0752. The third kappa shape index (κ3) is 7.38. The second-order valence-electron chi connectivity index (χ2n) is 11.6. The van der Waals surface area contributed by atoms with Gasteiger partial charge in [-0.3, -0.25) is 9.69 Å². The average Bonchev–Trinajstić information content (AvgIpc) is 3.05. The molecule has 3 aliphatic heterocycles. The number of piperazine rings is 1. The zero-order valence-corrected chi connectivity index (χ0v) is 25.6. The van der Waals surface area contributed by atoms with Crippen molar-refractivity contribution < 1.29 is 18.3 Å². The second-order valence-corrected chi connectivity index (χ2v) is 11.6. The molecule has 3 aliphatic rings. The Bertz CT molecular complexity index is 1550. The summed E-state index contributed by atoms with van der Waals surface area (Å²) in [7, 11) is 2.09. The average molecular weight is 617 g/mol. The number of rotatable bonds is 9. The van der Waals surface area contributed by atoms with Gasteiger partial charge in [-0.05, 0) is 63.2 Å². The Kier molecular flexibility index (Phi) is 9.90. The van der Waals surface area contributed by atoms with E-state index in [0.717, 1.165) is 62.0 Å². The number of hydrogen-bond donors (Lipinski definition) is 3. The molecule has 0 bridgehead atoms. The summed E-state index contributed by atoms with van der Waals surface area (Å²) in [6, 6.07) is 8.83. The molecule has 5 rings (SSSR count). The van der Waals surface area contributed by atoms with E-state index in [-0.39, 0.29) is 11.1 Å². The molecule has 2 fully saturated rings. The van der Waals surface area contributed by atoms with E-state index in [1.54, 1.807) is 12.4 Å². The van der Waals surface area contributed by atoms with Crippen LogP contribution in [0.25, 0.3) is 5.57 Å². The van der Waals surface area contributed by atoms with Crippen molar-refractivity contribution >= 4 is 23.5 Å². The van der Waals surface area contributed by atoms with E-state index >= 15 is 0 Å². The van der Waals surface area contributed by atoms with Gasteiger partial charge in [0.25, 0.3) is 5.91 Å². The first-order valence-corrected chi connectivity index (χ1v) is 15.1. The molecular formula is C33H38F2N8O2. The number of carbonyl (C=O) groups excluding carboxylic acids is 1. The van der Waals surface area contributed by atoms with Crippen molar-refractivity contribution in [2.75, 3.05) is 64.4 Å². The van der Waals surface area contributed by atoms with E-state index < -0.39 is 23.1 Å². The number of amides is 1. The SMILES string of the molecule is CCOC1=CN/C(=C(/C#N)C=N)C(c2ccc(N3CCC(CN4CCN(C)CC4)(NC(=O)c4cc(F)ccc4F)CC3)nc2)=C1. The minimum atomic E-state index is -0.752. The fourth-order valence-corrected chi connectivity index (χ4v) is 5.97. The number of nitrogens with one attached hydrogen (secondary N) is 3. The van der Waals surface area contributed by atoms with Gasteiger partial charge in [-0.2, -0.15) is 5.26 Å². The van der Waals surface area contributed by atoms with Crippen LogP contribution in [0, 0.1) is 28.4 Å². The first kappa shape index (κ1) is 31.8. The number of allylic oxidation sites excluding steroid dienone is 3. The van der Waals surface area contributed by atoms with Crippen molar-refractivity contribution in [3.8, 4) is 6.07 Å². The van der Waals surface area contributed by atoms with Gasteiger partial charge in [0.1, 0.15) is 29.3 Å². The summed E-state index contributed by atoms with van der Waals surface area (Å²) in [5, 5.41) is 23.4. The molecule has 4 heterocycles. The molecule has 45 heavy (non-hydrogen) atoms. The number of dihydropyridines is 1. The summed E-state index contributed by atoms with van der Waals surface area (Å²) < 4.78 is 34.1. The Morgan fingerprint density at radius 1 is 1.18 bits per heavy atom. The lowest BCUT2D eigenvalue weighted by atomic mass is 9.86. The molecule has 1 aromatic heterocycles. The van der Waals surface area contributed by atoms with E-state index in [1.165, 1.54) is 0 Å². The molecule has 0 radical (unpaired) electrons. The number of hydrogen-bond acceptors (Lipinski definition) is 9. The van der Waals surface area contributed by atoms with Crippen molar-refractivity contribution in [1.29, 1.82) is 10.7 Å². The summed E-state index contributed by atoms with van der Waals surface area (Å²) in [4.78, 5) is 24.8. The number of piperidine rings is 1. The topological polar surface area (TPSA) is 121 Å². The Morgan fingerprint density at radius 3 is 2.58 bits per heavy atom. The smallest absolute Gasteiger partial charge is 0.254 e. The maximum Gasteiger partial charge on any atom is 0.254 e. The summed E-state index contributed by atoms with van der Waals surface area (Å²) in [6.45, 7) is 7.75. The first-order valence-electron chi connectivity index (χ1n) is 15.1.